The van der Waals surface area contributed by atoms with E-state index in [1.807, 2.05) is 42.5 Å². The lowest BCUT2D eigenvalue weighted by atomic mass is 10.0. The second kappa shape index (κ2) is 8.42. The van der Waals surface area contributed by atoms with E-state index < -0.39 is 0 Å². The second-order valence-corrected chi connectivity index (χ2v) is 6.71. The zero-order valence-corrected chi connectivity index (χ0v) is 15.0. The number of rotatable bonds is 5. The molecule has 0 unspecified atom stereocenters. The van der Waals surface area contributed by atoms with Crippen LogP contribution in [0.3, 0.4) is 0 Å². The minimum atomic E-state index is -0.0447. The molecule has 5 heteroatoms. The highest BCUT2D eigenvalue weighted by Gasteiger charge is 2.23. The topological polar surface area (TPSA) is 41.6 Å². The predicted octanol–water partition coefficient (Wildman–Crippen LogP) is 3.25. The first kappa shape index (κ1) is 17.1. The van der Waals surface area contributed by atoms with Gasteiger partial charge in [-0.2, -0.15) is 0 Å². The summed E-state index contributed by atoms with van der Waals surface area (Å²) in [6.45, 7) is 3.83. The van der Waals surface area contributed by atoms with Crippen molar-refractivity contribution in [2.45, 2.75) is 6.04 Å². The molecule has 0 aromatic heterocycles. The maximum absolute atomic E-state index is 12.4. The molecule has 1 amide bonds. The van der Waals surface area contributed by atoms with Gasteiger partial charge in [0, 0.05) is 29.7 Å². The van der Waals surface area contributed by atoms with Gasteiger partial charge in [-0.25, -0.2) is 0 Å². The maximum atomic E-state index is 12.4. The zero-order valence-electron chi connectivity index (χ0n) is 13.5. The molecule has 0 spiro atoms. The molecule has 2 aromatic rings. The van der Waals surface area contributed by atoms with E-state index in [1.54, 1.807) is 0 Å². The Balaban J connectivity index is 1.69. The van der Waals surface area contributed by atoms with Crippen molar-refractivity contribution in [2.75, 3.05) is 32.8 Å². The van der Waals surface area contributed by atoms with Crippen LogP contribution in [0.1, 0.15) is 22.0 Å². The first-order valence-electron chi connectivity index (χ1n) is 8.14. The van der Waals surface area contributed by atoms with E-state index in [0.29, 0.717) is 12.1 Å². The molecule has 0 bridgehead atoms. The molecule has 126 valence electrons. The van der Waals surface area contributed by atoms with Crippen LogP contribution in [-0.2, 0) is 4.74 Å². The molecule has 1 heterocycles. The molecule has 1 atom stereocenters. The fourth-order valence-electron chi connectivity index (χ4n) is 2.91. The minimum Gasteiger partial charge on any atom is -0.379 e. The molecule has 2 aromatic carbocycles. The van der Waals surface area contributed by atoms with E-state index in [4.69, 9.17) is 4.74 Å². The van der Waals surface area contributed by atoms with Crippen molar-refractivity contribution in [1.29, 1.82) is 0 Å². The van der Waals surface area contributed by atoms with Crippen molar-refractivity contribution in [3.63, 3.8) is 0 Å². The summed E-state index contributed by atoms with van der Waals surface area (Å²) in [5.41, 5.74) is 1.89. The van der Waals surface area contributed by atoms with Crippen molar-refractivity contribution in [3.8, 4) is 0 Å². The Labute approximate surface area is 150 Å². The van der Waals surface area contributed by atoms with E-state index in [1.165, 1.54) is 5.56 Å². The molecule has 1 N–H and O–H groups in total. The summed E-state index contributed by atoms with van der Waals surface area (Å²) in [6, 6.07) is 17.9. The highest BCUT2D eigenvalue weighted by atomic mass is 79.9. The van der Waals surface area contributed by atoms with Gasteiger partial charge in [0.2, 0.25) is 0 Å². The summed E-state index contributed by atoms with van der Waals surface area (Å²) in [4.78, 5) is 14.8. The quantitative estimate of drug-likeness (QED) is 0.854. The van der Waals surface area contributed by atoms with Gasteiger partial charge in [-0.05, 0) is 29.8 Å². The number of hydrogen-bond donors (Lipinski definition) is 1. The molecule has 4 nitrogen and oxygen atoms in total. The first-order chi connectivity index (χ1) is 11.7. The van der Waals surface area contributed by atoms with Crippen molar-refractivity contribution in [3.05, 3.63) is 70.2 Å². The smallest absolute Gasteiger partial charge is 0.251 e. The summed E-state index contributed by atoms with van der Waals surface area (Å²) >= 11 is 3.39. The summed E-state index contributed by atoms with van der Waals surface area (Å²) < 4.78 is 6.43. The Morgan fingerprint density at radius 1 is 1.08 bits per heavy atom. The van der Waals surface area contributed by atoms with E-state index in [-0.39, 0.29) is 11.9 Å². The third-order valence-electron chi connectivity index (χ3n) is 4.23. The van der Waals surface area contributed by atoms with Gasteiger partial charge in [0.25, 0.3) is 5.91 Å². The van der Waals surface area contributed by atoms with E-state index in [2.05, 4.69) is 38.3 Å². The second-order valence-electron chi connectivity index (χ2n) is 5.79. The average molecular weight is 389 g/mol. The largest absolute Gasteiger partial charge is 0.379 e. The lowest BCUT2D eigenvalue weighted by Crippen LogP contribution is -2.43. The molecule has 0 aliphatic carbocycles. The number of nitrogens with zero attached hydrogens (tertiary/aromatic N) is 1. The number of carbonyl (C=O) groups excluding carboxylic acids is 1. The fraction of sp³-hybridized carbons (Fsp3) is 0.316. The van der Waals surface area contributed by atoms with E-state index >= 15 is 0 Å². The van der Waals surface area contributed by atoms with Gasteiger partial charge in [-0.3, -0.25) is 9.69 Å². The molecular weight excluding hydrogens is 368 g/mol. The lowest BCUT2D eigenvalue weighted by Gasteiger charge is -2.35. The number of ether oxygens (including phenoxy) is 1. The van der Waals surface area contributed by atoms with Crippen LogP contribution in [0.5, 0.6) is 0 Å². The predicted molar refractivity (Wildman–Crippen MR) is 98.1 cm³/mol. The monoisotopic (exact) mass is 388 g/mol. The molecule has 0 radical (unpaired) electrons. The summed E-state index contributed by atoms with van der Waals surface area (Å²) in [6.07, 6.45) is 0. The summed E-state index contributed by atoms with van der Waals surface area (Å²) in [5.74, 6) is -0.0447. The van der Waals surface area contributed by atoms with Crippen molar-refractivity contribution >= 4 is 21.8 Å². The van der Waals surface area contributed by atoms with Crippen LogP contribution in [0.2, 0.25) is 0 Å². The number of nitrogens with one attached hydrogen (secondary N) is 1. The molecule has 24 heavy (non-hydrogen) atoms. The number of morpholine rings is 1. The zero-order chi connectivity index (χ0) is 16.8. The Hall–Kier alpha value is -1.69. The van der Waals surface area contributed by atoms with Crippen molar-refractivity contribution < 1.29 is 9.53 Å². The average Bonchev–Trinajstić information content (AvgIpc) is 2.64. The SMILES string of the molecule is O=C(NC[C@@H](c1ccccc1)N1CCOCC1)c1ccc(Br)cc1. The molecular formula is C19H21BrN2O2. The van der Waals surface area contributed by atoms with Crippen LogP contribution in [0.4, 0.5) is 0 Å². The summed E-state index contributed by atoms with van der Waals surface area (Å²) in [5, 5.41) is 3.08. The number of carbonyl (C=O) groups is 1. The van der Waals surface area contributed by atoms with Gasteiger partial charge >= 0.3 is 0 Å². The van der Waals surface area contributed by atoms with Crippen LogP contribution in [0.15, 0.2) is 59.1 Å². The maximum Gasteiger partial charge on any atom is 0.251 e. The number of amides is 1. The minimum absolute atomic E-state index is 0.0447. The number of halogens is 1. The van der Waals surface area contributed by atoms with Gasteiger partial charge in [0.05, 0.1) is 19.3 Å². The van der Waals surface area contributed by atoms with Gasteiger partial charge in [0.15, 0.2) is 0 Å². The molecule has 1 saturated heterocycles. The van der Waals surface area contributed by atoms with Crippen LogP contribution < -0.4 is 5.32 Å². The molecule has 0 saturated carbocycles. The van der Waals surface area contributed by atoms with Crippen LogP contribution in [-0.4, -0.2) is 43.7 Å². The van der Waals surface area contributed by atoms with E-state index in [0.717, 1.165) is 30.8 Å². The Bertz CT molecular complexity index is 655. The molecule has 1 fully saturated rings. The highest BCUT2D eigenvalue weighted by molar-refractivity contribution is 9.10. The van der Waals surface area contributed by atoms with Crippen LogP contribution in [0.25, 0.3) is 0 Å². The van der Waals surface area contributed by atoms with Gasteiger partial charge in [0.1, 0.15) is 0 Å². The van der Waals surface area contributed by atoms with Crippen molar-refractivity contribution in [2.24, 2.45) is 0 Å². The van der Waals surface area contributed by atoms with E-state index in [9.17, 15) is 4.79 Å². The van der Waals surface area contributed by atoms with Crippen molar-refractivity contribution in [1.82, 2.24) is 10.2 Å². The Kier molecular flexibility index (Phi) is 6.01. The standard InChI is InChI=1S/C19H21BrN2O2/c20-17-8-6-16(7-9-17)19(23)21-14-18(15-4-2-1-3-5-15)22-10-12-24-13-11-22/h1-9,18H,10-14H2,(H,21,23)/t18-/m0/s1. The van der Waals surface area contributed by atoms with Gasteiger partial charge in [-0.1, -0.05) is 46.3 Å². The normalized spacial score (nSPS) is 16.5. The Morgan fingerprint density at radius 2 is 1.75 bits per heavy atom. The molecule has 1 aliphatic rings. The third-order valence-corrected chi connectivity index (χ3v) is 4.76. The Morgan fingerprint density at radius 3 is 2.42 bits per heavy atom. The molecule has 3 rings (SSSR count). The molecule has 1 aliphatic heterocycles. The van der Waals surface area contributed by atoms with Gasteiger partial charge in [-0.15, -0.1) is 0 Å². The summed E-state index contributed by atoms with van der Waals surface area (Å²) in [7, 11) is 0. The third kappa shape index (κ3) is 4.44. The lowest BCUT2D eigenvalue weighted by molar-refractivity contribution is 0.0162. The van der Waals surface area contributed by atoms with Gasteiger partial charge < -0.3 is 10.1 Å². The number of hydrogen-bond acceptors (Lipinski definition) is 3. The first-order valence-corrected chi connectivity index (χ1v) is 8.94. The van der Waals surface area contributed by atoms with Crippen LogP contribution >= 0.6 is 15.9 Å². The highest BCUT2D eigenvalue weighted by Crippen LogP contribution is 2.21. The fourth-order valence-corrected chi connectivity index (χ4v) is 3.18. The number of benzene rings is 2. The van der Waals surface area contributed by atoms with Crippen LogP contribution in [0, 0.1) is 0 Å².